The molecule has 2 rings (SSSR count). The Morgan fingerprint density at radius 2 is 1.94 bits per heavy atom. The Kier molecular flexibility index (Phi) is 4.00. The van der Waals surface area contributed by atoms with E-state index in [4.69, 9.17) is 11.6 Å². The van der Waals surface area contributed by atoms with Crippen LogP contribution in [0, 0.1) is 0 Å². The molecule has 0 saturated heterocycles. The molecule has 0 atom stereocenters. The van der Waals surface area contributed by atoms with Crippen LogP contribution in [0.1, 0.15) is 22.8 Å². The van der Waals surface area contributed by atoms with Gasteiger partial charge in [0.15, 0.2) is 0 Å². The fourth-order valence-electron chi connectivity index (χ4n) is 1.77. The SMILES string of the molecule is CCc1ccccc1NC(=O)c1cccc(Cl)c1. The van der Waals surface area contributed by atoms with Crippen molar-refractivity contribution < 1.29 is 4.79 Å². The number of benzene rings is 2. The van der Waals surface area contributed by atoms with Gasteiger partial charge < -0.3 is 5.32 Å². The number of aryl methyl sites for hydroxylation is 1. The second kappa shape index (κ2) is 5.69. The Bertz CT molecular complexity index is 566. The zero-order valence-corrected chi connectivity index (χ0v) is 10.9. The van der Waals surface area contributed by atoms with Gasteiger partial charge in [-0.2, -0.15) is 0 Å². The van der Waals surface area contributed by atoms with Crippen LogP contribution in [0.3, 0.4) is 0 Å². The Morgan fingerprint density at radius 3 is 2.67 bits per heavy atom. The van der Waals surface area contributed by atoms with Gasteiger partial charge in [0.25, 0.3) is 5.91 Å². The van der Waals surface area contributed by atoms with Gasteiger partial charge in [0, 0.05) is 16.3 Å². The van der Waals surface area contributed by atoms with E-state index in [-0.39, 0.29) is 5.91 Å². The lowest BCUT2D eigenvalue weighted by Crippen LogP contribution is -2.13. The third-order valence-electron chi connectivity index (χ3n) is 2.73. The number of nitrogens with one attached hydrogen (secondary N) is 1. The van der Waals surface area contributed by atoms with Crippen molar-refractivity contribution in [3.63, 3.8) is 0 Å². The van der Waals surface area contributed by atoms with E-state index < -0.39 is 0 Å². The zero-order chi connectivity index (χ0) is 13.0. The maximum Gasteiger partial charge on any atom is 0.255 e. The summed E-state index contributed by atoms with van der Waals surface area (Å²) in [5, 5.41) is 3.47. The molecule has 18 heavy (non-hydrogen) atoms. The van der Waals surface area contributed by atoms with E-state index in [0.717, 1.165) is 17.7 Å². The first-order chi connectivity index (χ1) is 8.70. The fourth-order valence-corrected chi connectivity index (χ4v) is 1.97. The molecule has 0 bridgehead atoms. The van der Waals surface area contributed by atoms with Crippen molar-refractivity contribution in [3.05, 3.63) is 64.7 Å². The van der Waals surface area contributed by atoms with Gasteiger partial charge in [-0.3, -0.25) is 4.79 Å². The monoisotopic (exact) mass is 259 g/mol. The fraction of sp³-hybridized carbons (Fsp3) is 0.133. The van der Waals surface area contributed by atoms with E-state index >= 15 is 0 Å². The van der Waals surface area contributed by atoms with E-state index in [1.165, 1.54) is 0 Å². The molecule has 2 aromatic carbocycles. The standard InChI is InChI=1S/C15H14ClNO/c1-2-11-6-3-4-9-14(11)17-15(18)12-7-5-8-13(16)10-12/h3-10H,2H2,1H3,(H,17,18). The minimum absolute atomic E-state index is 0.140. The molecular weight excluding hydrogens is 246 g/mol. The molecule has 2 aromatic rings. The maximum absolute atomic E-state index is 12.1. The molecule has 0 aliphatic carbocycles. The first kappa shape index (κ1) is 12.7. The van der Waals surface area contributed by atoms with Gasteiger partial charge in [0.05, 0.1) is 0 Å². The number of para-hydroxylation sites is 1. The average molecular weight is 260 g/mol. The lowest BCUT2D eigenvalue weighted by atomic mass is 10.1. The summed E-state index contributed by atoms with van der Waals surface area (Å²) in [4.78, 5) is 12.1. The van der Waals surface area contributed by atoms with Gasteiger partial charge in [-0.05, 0) is 36.2 Å². The summed E-state index contributed by atoms with van der Waals surface area (Å²) in [6.45, 7) is 2.06. The van der Waals surface area contributed by atoms with Crippen molar-refractivity contribution in [2.45, 2.75) is 13.3 Å². The Labute approximate surface area is 112 Å². The first-order valence-corrected chi connectivity index (χ1v) is 6.23. The number of hydrogen-bond donors (Lipinski definition) is 1. The van der Waals surface area contributed by atoms with Crippen molar-refractivity contribution in [1.29, 1.82) is 0 Å². The summed E-state index contributed by atoms with van der Waals surface area (Å²) >= 11 is 5.87. The van der Waals surface area contributed by atoms with Gasteiger partial charge in [0.2, 0.25) is 0 Å². The van der Waals surface area contributed by atoms with Crippen molar-refractivity contribution in [2.24, 2.45) is 0 Å². The van der Waals surface area contributed by atoms with Crippen LogP contribution in [-0.4, -0.2) is 5.91 Å². The van der Waals surface area contributed by atoms with E-state index in [9.17, 15) is 4.79 Å². The normalized spacial score (nSPS) is 10.1. The lowest BCUT2D eigenvalue weighted by Gasteiger charge is -2.09. The molecule has 0 aliphatic heterocycles. The number of hydrogen-bond acceptors (Lipinski definition) is 1. The zero-order valence-electron chi connectivity index (χ0n) is 10.1. The van der Waals surface area contributed by atoms with E-state index in [2.05, 4.69) is 12.2 Å². The van der Waals surface area contributed by atoms with Crippen molar-refractivity contribution in [1.82, 2.24) is 0 Å². The predicted octanol–water partition coefficient (Wildman–Crippen LogP) is 4.15. The molecule has 0 radical (unpaired) electrons. The quantitative estimate of drug-likeness (QED) is 0.881. The number of rotatable bonds is 3. The minimum atomic E-state index is -0.140. The smallest absolute Gasteiger partial charge is 0.255 e. The van der Waals surface area contributed by atoms with Crippen molar-refractivity contribution in [2.75, 3.05) is 5.32 Å². The Hall–Kier alpha value is -1.80. The molecule has 0 fully saturated rings. The number of carbonyl (C=O) groups is 1. The van der Waals surface area contributed by atoms with Crippen LogP contribution in [0.5, 0.6) is 0 Å². The van der Waals surface area contributed by atoms with Crippen LogP contribution in [0.25, 0.3) is 0 Å². The van der Waals surface area contributed by atoms with Crippen molar-refractivity contribution >= 4 is 23.2 Å². The third kappa shape index (κ3) is 2.90. The molecule has 92 valence electrons. The van der Waals surface area contributed by atoms with E-state index in [1.54, 1.807) is 24.3 Å². The number of amides is 1. The van der Waals surface area contributed by atoms with Crippen molar-refractivity contribution in [3.8, 4) is 0 Å². The van der Waals surface area contributed by atoms with Crippen LogP contribution in [0.15, 0.2) is 48.5 Å². The molecule has 0 aliphatic rings. The van der Waals surface area contributed by atoms with Crippen LogP contribution < -0.4 is 5.32 Å². The summed E-state index contributed by atoms with van der Waals surface area (Å²) < 4.78 is 0. The molecule has 2 nitrogen and oxygen atoms in total. The molecular formula is C15H14ClNO. The lowest BCUT2D eigenvalue weighted by molar-refractivity contribution is 0.102. The van der Waals surface area contributed by atoms with Crippen LogP contribution in [0.4, 0.5) is 5.69 Å². The van der Waals surface area contributed by atoms with E-state index in [1.807, 2.05) is 24.3 Å². The summed E-state index contributed by atoms with van der Waals surface area (Å²) in [5.41, 5.74) is 2.53. The first-order valence-electron chi connectivity index (χ1n) is 5.85. The Morgan fingerprint density at radius 1 is 1.17 bits per heavy atom. The van der Waals surface area contributed by atoms with Crippen LogP contribution in [-0.2, 0) is 6.42 Å². The second-order valence-corrected chi connectivity index (χ2v) is 4.41. The van der Waals surface area contributed by atoms with Gasteiger partial charge in [-0.1, -0.05) is 42.8 Å². The summed E-state index contributed by atoms with van der Waals surface area (Å²) in [7, 11) is 0. The minimum Gasteiger partial charge on any atom is -0.322 e. The predicted molar refractivity (Wildman–Crippen MR) is 75.2 cm³/mol. The second-order valence-electron chi connectivity index (χ2n) is 3.98. The highest BCUT2D eigenvalue weighted by molar-refractivity contribution is 6.31. The molecule has 0 aromatic heterocycles. The molecule has 1 amide bonds. The largest absolute Gasteiger partial charge is 0.322 e. The van der Waals surface area contributed by atoms with E-state index in [0.29, 0.717) is 10.6 Å². The number of anilines is 1. The van der Waals surface area contributed by atoms with Gasteiger partial charge >= 0.3 is 0 Å². The molecule has 0 saturated carbocycles. The van der Waals surface area contributed by atoms with Crippen LogP contribution in [0.2, 0.25) is 5.02 Å². The topological polar surface area (TPSA) is 29.1 Å². The molecule has 0 heterocycles. The highest BCUT2D eigenvalue weighted by Gasteiger charge is 2.08. The maximum atomic E-state index is 12.1. The Balaban J connectivity index is 2.21. The summed E-state index contributed by atoms with van der Waals surface area (Å²) in [6.07, 6.45) is 0.881. The summed E-state index contributed by atoms with van der Waals surface area (Å²) in [5.74, 6) is -0.140. The third-order valence-corrected chi connectivity index (χ3v) is 2.97. The number of carbonyl (C=O) groups excluding carboxylic acids is 1. The molecule has 0 unspecified atom stereocenters. The van der Waals surface area contributed by atoms with Crippen LogP contribution >= 0.6 is 11.6 Å². The van der Waals surface area contributed by atoms with Gasteiger partial charge in [0.1, 0.15) is 0 Å². The molecule has 3 heteroatoms. The molecule has 0 spiro atoms. The highest BCUT2D eigenvalue weighted by Crippen LogP contribution is 2.17. The highest BCUT2D eigenvalue weighted by atomic mass is 35.5. The van der Waals surface area contributed by atoms with Gasteiger partial charge in [-0.25, -0.2) is 0 Å². The summed E-state index contributed by atoms with van der Waals surface area (Å²) in [6, 6.07) is 14.7. The average Bonchev–Trinajstić information content (AvgIpc) is 2.39. The number of halogens is 1. The molecule has 1 N–H and O–H groups in total. The van der Waals surface area contributed by atoms with Gasteiger partial charge in [-0.15, -0.1) is 0 Å².